The first-order valence-electron chi connectivity index (χ1n) is 9.98. The highest BCUT2D eigenvalue weighted by Crippen LogP contribution is 2.33. The minimum atomic E-state index is -0.113. The highest BCUT2D eigenvalue weighted by molar-refractivity contribution is 7.21. The van der Waals surface area contributed by atoms with Crippen molar-refractivity contribution in [3.63, 3.8) is 0 Å². The topological polar surface area (TPSA) is 66.6 Å². The molecule has 4 aromatic rings. The maximum absolute atomic E-state index is 13.2. The summed E-state index contributed by atoms with van der Waals surface area (Å²) in [5, 5.41) is 11.6. The molecule has 0 aliphatic carbocycles. The van der Waals surface area contributed by atoms with Crippen molar-refractivity contribution in [2.45, 2.75) is 38.8 Å². The summed E-state index contributed by atoms with van der Waals surface area (Å²) in [6.07, 6.45) is 5.03. The summed E-state index contributed by atoms with van der Waals surface area (Å²) >= 11 is 1.48. The fraction of sp³-hybridized carbons (Fsp3) is 0.304. The lowest BCUT2D eigenvalue weighted by Crippen LogP contribution is -2.36. The third-order valence-corrected chi connectivity index (χ3v) is 6.92. The largest absolute Gasteiger partial charge is 0.507 e. The van der Waals surface area contributed by atoms with E-state index in [0.29, 0.717) is 39.7 Å². The monoisotopic (exact) mass is 406 g/mol. The van der Waals surface area contributed by atoms with Crippen LogP contribution in [0.15, 0.2) is 51.9 Å². The number of phenols is 1. The number of piperidine rings is 1. The number of thiazole rings is 1. The first kappa shape index (κ1) is 18.3. The summed E-state index contributed by atoms with van der Waals surface area (Å²) < 4.78 is 6.98. The summed E-state index contributed by atoms with van der Waals surface area (Å²) in [5.74, 6) is 0.172. The zero-order valence-corrected chi connectivity index (χ0v) is 17.0. The lowest BCUT2D eigenvalue weighted by atomic mass is 10.0. The van der Waals surface area contributed by atoms with E-state index in [4.69, 9.17) is 4.42 Å². The number of fused-ring (bicyclic) bond motifs is 2. The van der Waals surface area contributed by atoms with Crippen LogP contribution in [-0.2, 0) is 6.54 Å². The Labute approximate surface area is 172 Å². The number of nitrogens with zero attached hydrogens (tertiary/aromatic N) is 2. The molecule has 1 N–H and O–H groups in total. The molecule has 2 aromatic heterocycles. The Morgan fingerprint density at radius 2 is 2.10 bits per heavy atom. The van der Waals surface area contributed by atoms with Gasteiger partial charge >= 0.3 is 0 Å². The molecule has 1 saturated heterocycles. The van der Waals surface area contributed by atoms with E-state index < -0.39 is 0 Å². The molecule has 1 atom stereocenters. The number of para-hydroxylation sites is 1. The van der Waals surface area contributed by atoms with Crippen molar-refractivity contribution in [1.82, 2.24) is 9.88 Å². The van der Waals surface area contributed by atoms with Gasteiger partial charge in [-0.15, -0.1) is 11.3 Å². The number of aromatic hydroxyl groups is 1. The van der Waals surface area contributed by atoms with Crippen LogP contribution in [0.25, 0.3) is 31.8 Å². The molecule has 5 rings (SSSR count). The van der Waals surface area contributed by atoms with Gasteiger partial charge in [-0.1, -0.05) is 18.6 Å². The Kier molecular flexibility index (Phi) is 4.60. The molecular formula is C23H22N2O3S. The molecule has 6 heteroatoms. The first-order chi connectivity index (χ1) is 14.1. The van der Waals surface area contributed by atoms with Gasteiger partial charge in [-0.3, -0.25) is 9.69 Å². The average Bonchev–Trinajstić information content (AvgIpc) is 3.15. The molecule has 5 nitrogen and oxygen atoms in total. The van der Waals surface area contributed by atoms with Gasteiger partial charge in [0.2, 0.25) is 5.43 Å². The molecule has 0 bridgehead atoms. The molecule has 1 aliphatic rings. The SMILES string of the molecule is C[C@@H]1CCCCN1Cc1c(O)ccc2c(=O)c(-c3nc4ccccc4s3)coc12. The summed E-state index contributed by atoms with van der Waals surface area (Å²) in [4.78, 5) is 20.2. The Bertz CT molecular complexity index is 1230. The van der Waals surface area contributed by atoms with Gasteiger partial charge in [0.25, 0.3) is 0 Å². The molecule has 0 radical (unpaired) electrons. The molecule has 0 unspecified atom stereocenters. The van der Waals surface area contributed by atoms with Crippen LogP contribution < -0.4 is 5.43 Å². The van der Waals surface area contributed by atoms with Gasteiger partial charge in [-0.25, -0.2) is 4.98 Å². The Balaban J connectivity index is 1.61. The van der Waals surface area contributed by atoms with Crippen LogP contribution in [0.4, 0.5) is 0 Å². The predicted molar refractivity (Wildman–Crippen MR) is 116 cm³/mol. The van der Waals surface area contributed by atoms with Crippen molar-refractivity contribution in [1.29, 1.82) is 0 Å². The van der Waals surface area contributed by atoms with E-state index in [-0.39, 0.29) is 11.2 Å². The van der Waals surface area contributed by atoms with Crippen molar-refractivity contribution >= 4 is 32.5 Å². The van der Waals surface area contributed by atoms with Gasteiger partial charge in [0.05, 0.1) is 26.7 Å². The van der Waals surface area contributed by atoms with E-state index in [1.54, 1.807) is 12.1 Å². The van der Waals surface area contributed by atoms with Gasteiger partial charge < -0.3 is 9.52 Å². The Morgan fingerprint density at radius 1 is 1.24 bits per heavy atom. The number of benzene rings is 2. The summed E-state index contributed by atoms with van der Waals surface area (Å²) in [6, 6.07) is 11.5. The standard InChI is InChI=1S/C23H22N2O3S/c1-14-6-4-5-11-25(14)12-16-19(26)10-9-15-21(27)17(13-28-22(15)16)23-24-18-7-2-3-8-20(18)29-23/h2-3,7-10,13-14,26H,4-6,11-12H2,1H3/t14-/m1/s1. The van der Waals surface area contributed by atoms with Crippen molar-refractivity contribution in [2.24, 2.45) is 0 Å². The molecule has 0 amide bonds. The van der Waals surface area contributed by atoms with Gasteiger partial charge in [0.15, 0.2) is 0 Å². The highest BCUT2D eigenvalue weighted by atomic mass is 32.1. The lowest BCUT2D eigenvalue weighted by molar-refractivity contribution is 0.151. The molecule has 2 aromatic carbocycles. The summed E-state index contributed by atoms with van der Waals surface area (Å²) in [6.45, 7) is 3.78. The molecule has 148 valence electrons. The lowest BCUT2D eigenvalue weighted by Gasteiger charge is -2.33. The molecule has 1 aliphatic heterocycles. The Morgan fingerprint density at radius 3 is 2.93 bits per heavy atom. The molecular weight excluding hydrogens is 384 g/mol. The quantitative estimate of drug-likeness (QED) is 0.510. The van der Waals surface area contributed by atoms with Crippen LogP contribution in [0, 0.1) is 0 Å². The van der Waals surface area contributed by atoms with Crippen LogP contribution in [0.2, 0.25) is 0 Å². The van der Waals surface area contributed by atoms with Crippen molar-refractivity contribution in [3.8, 4) is 16.3 Å². The normalized spacial score (nSPS) is 17.9. The maximum Gasteiger partial charge on any atom is 0.202 e. The van der Waals surface area contributed by atoms with Crippen LogP contribution in [0.5, 0.6) is 5.75 Å². The number of hydrogen-bond donors (Lipinski definition) is 1. The molecule has 1 fully saturated rings. The van der Waals surface area contributed by atoms with Gasteiger partial charge in [0, 0.05) is 12.6 Å². The number of phenolic OH excluding ortho intramolecular Hbond substituents is 1. The minimum Gasteiger partial charge on any atom is -0.507 e. The van der Waals surface area contributed by atoms with Crippen molar-refractivity contribution < 1.29 is 9.52 Å². The van der Waals surface area contributed by atoms with E-state index in [0.717, 1.165) is 29.6 Å². The van der Waals surface area contributed by atoms with E-state index in [9.17, 15) is 9.90 Å². The predicted octanol–water partition coefficient (Wildman–Crippen LogP) is 5.15. The highest BCUT2D eigenvalue weighted by Gasteiger charge is 2.23. The molecule has 0 saturated carbocycles. The van der Waals surface area contributed by atoms with Gasteiger partial charge in [-0.05, 0) is 50.6 Å². The van der Waals surface area contributed by atoms with E-state index in [2.05, 4.69) is 16.8 Å². The number of aromatic nitrogens is 1. The van der Waals surface area contributed by atoms with Crippen LogP contribution in [0.3, 0.4) is 0 Å². The maximum atomic E-state index is 13.2. The number of rotatable bonds is 3. The smallest absolute Gasteiger partial charge is 0.202 e. The van der Waals surface area contributed by atoms with Gasteiger partial charge in [-0.2, -0.15) is 0 Å². The molecule has 3 heterocycles. The van der Waals surface area contributed by atoms with Crippen LogP contribution in [0.1, 0.15) is 31.7 Å². The number of likely N-dealkylation sites (tertiary alicyclic amines) is 1. The van der Waals surface area contributed by atoms with Crippen molar-refractivity contribution in [3.05, 3.63) is 58.4 Å². The fourth-order valence-electron chi connectivity index (χ4n) is 4.13. The van der Waals surface area contributed by atoms with Crippen LogP contribution >= 0.6 is 11.3 Å². The third kappa shape index (κ3) is 3.22. The first-order valence-corrected chi connectivity index (χ1v) is 10.8. The third-order valence-electron chi connectivity index (χ3n) is 5.85. The average molecular weight is 407 g/mol. The molecule has 0 spiro atoms. The second kappa shape index (κ2) is 7.28. The van der Waals surface area contributed by atoms with E-state index >= 15 is 0 Å². The fourth-order valence-corrected chi connectivity index (χ4v) is 5.10. The zero-order chi connectivity index (χ0) is 20.0. The minimum absolute atomic E-state index is 0.113. The summed E-state index contributed by atoms with van der Waals surface area (Å²) in [5.41, 5.74) is 2.37. The van der Waals surface area contributed by atoms with E-state index in [1.165, 1.54) is 24.0 Å². The second-order valence-electron chi connectivity index (χ2n) is 7.72. The number of hydrogen-bond acceptors (Lipinski definition) is 6. The Hall–Kier alpha value is -2.70. The van der Waals surface area contributed by atoms with E-state index in [1.807, 2.05) is 24.3 Å². The molecule has 29 heavy (non-hydrogen) atoms. The van der Waals surface area contributed by atoms with Crippen LogP contribution in [-0.4, -0.2) is 27.6 Å². The second-order valence-corrected chi connectivity index (χ2v) is 8.75. The van der Waals surface area contributed by atoms with Gasteiger partial charge in [0.1, 0.15) is 22.6 Å². The zero-order valence-electron chi connectivity index (χ0n) is 16.2. The van der Waals surface area contributed by atoms with Crippen molar-refractivity contribution in [2.75, 3.05) is 6.54 Å². The summed E-state index contributed by atoms with van der Waals surface area (Å²) in [7, 11) is 0.